The number of carbonyl (C=O) groups excluding carboxylic acids is 1. The molecule has 0 aliphatic carbocycles. The lowest BCUT2D eigenvalue weighted by molar-refractivity contribution is -0.153. The van der Waals surface area contributed by atoms with Gasteiger partial charge in [-0.1, -0.05) is 0 Å². The fourth-order valence-corrected chi connectivity index (χ4v) is 1.02. The summed E-state index contributed by atoms with van der Waals surface area (Å²) in [6.45, 7) is 1.17. The summed E-state index contributed by atoms with van der Waals surface area (Å²) in [7, 11) is 0. The van der Waals surface area contributed by atoms with Gasteiger partial charge in [0.05, 0.1) is 5.56 Å². The molecule has 1 unspecified atom stereocenters. The van der Waals surface area contributed by atoms with Crippen LogP contribution in [0.15, 0.2) is 18.2 Å². The van der Waals surface area contributed by atoms with E-state index in [0.717, 1.165) is 18.2 Å². The highest BCUT2D eigenvalue weighted by atomic mass is 19.1. The molecule has 6 heteroatoms. The third kappa shape index (κ3) is 2.75. The van der Waals surface area contributed by atoms with E-state index < -0.39 is 23.9 Å². The summed E-state index contributed by atoms with van der Waals surface area (Å²) in [5.74, 6) is -3.48. The highest BCUT2D eigenvalue weighted by Gasteiger charge is 2.18. The van der Waals surface area contributed by atoms with E-state index in [2.05, 4.69) is 4.74 Å². The van der Waals surface area contributed by atoms with Crippen LogP contribution in [0.3, 0.4) is 0 Å². The van der Waals surface area contributed by atoms with E-state index in [9.17, 15) is 18.4 Å². The molecule has 0 aliphatic heterocycles. The van der Waals surface area contributed by atoms with Crippen molar-refractivity contribution in [2.45, 2.75) is 13.3 Å². The Hall–Kier alpha value is -1.98. The quantitative estimate of drug-likeness (QED) is 0.801. The number of hydrogen-bond donors (Lipinski definition) is 1. The van der Waals surface area contributed by atoms with Crippen molar-refractivity contribution in [3.05, 3.63) is 29.6 Å². The second kappa shape index (κ2) is 4.69. The molecule has 4 nitrogen and oxygen atoms in total. The van der Waals surface area contributed by atoms with E-state index >= 15 is 0 Å². The number of benzene rings is 1. The van der Waals surface area contributed by atoms with Crippen LogP contribution in [0.2, 0.25) is 0 Å². The SMILES string of the molecule is CC(=O)c1ccc(OC(F)C(=O)O)cc1F. The molecule has 1 aromatic rings. The summed E-state index contributed by atoms with van der Waals surface area (Å²) in [6, 6.07) is 2.98. The van der Waals surface area contributed by atoms with Crippen molar-refractivity contribution in [1.29, 1.82) is 0 Å². The molecule has 0 amide bonds. The molecule has 0 bridgehead atoms. The molecular formula is C10H8F2O4. The third-order valence-electron chi connectivity index (χ3n) is 1.75. The largest absolute Gasteiger partial charge is 0.476 e. The van der Waals surface area contributed by atoms with Crippen LogP contribution in [-0.4, -0.2) is 23.2 Å². The summed E-state index contributed by atoms with van der Waals surface area (Å²) in [4.78, 5) is 21.0. The first kappa shape index (κ1) is 12.1. The van der Waals surface area contributed by atoms with E-state index in [-0.39, 0.29) is 11.3 Å². The number of halogens is 2. The minimum Gasteiger partial charge on any atom is -0.476 e. The lowest BCUT2D eigenvalue weighted by Gasteiger charge is -2.08. The minimum absolute atomic E-state index is 0.168. The lowest BCUT2D eigenvalue weighted by Crippen LogP contribution is -2.21. The second-order valence-electron chi connectivity index (χ2n) is 2.97. The molecule has 0 heterocycles. The summed E-state index contributed by atoms with van der Waals surface area (Å²) >= 11 is 0. The first-order valence-electron chi connectivity index (χ1n) is 4.26. The first-order valence-corrected chi connectivity index (χ1v) is 4.26. The van der Waals surface area contributed by atoms with Gasteiger partial charge in [-0.2, -0.15) is 4.39 Å². The highest BCUT2D eigenvalue weighted by Crippen LogP contribution is 2.18. The summed E-state index contributed by atoms with van der Waals surface area (Å²) < 4.78 is 30.0. The van der Waals surface area contributed by atoms with Crippen LogP contribution >= 0.6 is 0 Å². The van der Waals surface area contributed by atoms with E-state index in [0.29, 0.717) is 0 Å². The van der Waals surface area contributed by atoms with Crippen LogP contribution in [0, 0.1) is 5.82 Å². The average Bonchev–Trinajstić information content (AvgIpc) is 2.16. The summed E-state index contributed by atoms with van der Waals surface area (Å²) in [5, 5.41) is 8.21. The fourth-order valence-electron chi connectivity index (χ4n) is 1.02. The van der Waals surface area contributed by atoms with Gasteiger partial charge in [-0.25, -0.2) is 9.18 Å². The highest BCUT2D eigenvalue weighted by molar-refractivity contribution is 5.94. The Bertz CT molecular complexity index is 431. The predicted octanol–water partition coefficient (Wildman–Crippen LogP) is 1.79. The molecule has 0 spiro atoms. The number of carboxylic acids is 1. The third-order valence-corrected chi connectivity index (χ3v) is 1.75. The topological polar surface area (TPSA) is 63.6 Å². The molecule has 1 aromatic carbocycles. The van der Waals surface area contributed by atoms with Gasteiger partial charge in [0, 0.05) is 6.07 Å². The molecule has 1 N–H and O–H groups in total. The Kier molecular flexibility index (Phi) is 3.55. The Labute approximate surface area is 89.5 Å². The summed E-state index contributed by atoms with van der Waals surface area (Å²) in [6.07, 6.45) is -2.57. The molecule has 0 aliphatic rings. The van der Waals surface area contributed by atoms with Gasteiger partial charge in [-0.3, -0.25) is 4.79 Å². The van der Waals surface area contributed by atoms with Crippen LogP contribution in [0.25, 0.3) is 0 Å². The van der Waals surface area contributed by atoms with Crippen molar-refractivity contribution in [2.24, 2.45) is 0 Å². The zero-order chi connectivity index (χ0) is 12.3. The molecule has 0 saturated carbocycles. The molecule has 16 heavy (non-hydrogen) atoms. The maximum atomic E-state index is 13.2. The number of ketones is 1. The smallest absolute Gasteiger partial charge is 0.378 e. The molecule has 1 atom stereocenters. The van der Waals surface area contributed by atoms with Crippen molar-refractivity contribution >= 4 is 11.8 Å². The lowest BCUT2D eigenvalue weighted by atomic mass is 10.1. The number of carbonyl (C=O) groups is 2. The maximum absolute atomic E-state index is 13.2. The van der Waals surface area contributed by atoms with Gasteiger partial charge in [0.1, 0.15) is 11.6 Å². The number of ether oxygens (including phenoxy) is 1. The van der Waals surface area contributed by atoms with Crippen LogP contribution in [0.1, 0.15) is 17.3 Å². The summed E-state index contributed by atoms with van der Waals surface area (Å²) in [5.41, 5.74) is -0.168. The number of hydrogen-bond acceptors (Lipinski definition) is 3. The maximum Gasteiger partial charge on any atom is 0.378 e. The Morgan fingerprint density at radius 1 is 1.44 bits per heavy atom. The van der Waals surface area contributed by atoms with Gasteiger partial charge < -0.3 is 9.84 Å². The van der Waals surface area contributed by atoms with E-state index in [4.69, 9.17) is 5.11 Å². The van der Waals surface area contributed by atoms with Crippen LogP contribution in [0.4, 0.5) is 8.78 Å². The van der Waals surface area contributed by atoms with Crippen LogP contribution < -0.4 is 4.74 Å². The van der Waals surface area contributed by atoms with Gasteiger partial charge in [-0.05, 0) is 19.1 Å². The fraction of sp³-hybridized carbons (Fsp3) is 0.200. The number of carboxylic acid groups (broad SMARTS) is 1. The Morgan fingerprint density at radius 2 is 2.06 bits per heavy atom. The van der Waals surface area contributed by atoms with Crippen molar-refractivity contribution in [3.63, 3.8) is 0 Å². The first-order chi connectivity index (χ1) is 7.41. The predicted molar refractivity (Wildman–Crippen MR) is 49.6 cm³/mol. The van der Waals surface area contributed by atoms with E-state index in [1.807, 2.05) is 0 Å². The van der Waals surface area contributed by atoms with Gasteiger partial charge in [0.15, 0.2) is 5.78 Å². The van der Waals surface area contributed by atoms with Crippen molar-refractivity contribution in [1.82, 2.24) is 0 Å². The normalized spacial score (nSPS) is 11.9. The van der Waals surface area contributed by atoms with Gasteiger partial charge in [0.2, 0.25) is 0 Å². The van der Waals surface area contributed by atoms with E-state index in [1.54, 1.807) is 0 Å². The van der Waals surface area contributed by atoms with Crippen molar-refractivity contribution in [3.8, 4) is 5.75 Å². The zero-order valence-electron chi connectivity index (χ0n) is 8.24. The van der Waals surface area contributed by atoms with Gasteiger partial charge in [-0.15, -0.1) is 0 Å². The van der Waals surface area contributed by atoms with Crippen molar-refractivity contribution in [2.75, 3.05) is 0 Å². The molecule has 0 fully saturated rings. The Balaban J connectivity index is 2.89. The number of alkyl halides is 1. The van der Waals surface area contributed by atoms with E-state index in [1.165, 1.54) is 6.92 Å². The van der Waals surface area contributed by atoms with Gasteiger partial charge in [0.25, 0.3) is 0 Å². The number of aliphatic carboxylic acids is 1. The van der Waals surface area contributed by atoms with Crippen LogP contribution in [-0.2, 0) is 4.79 Å². The monoisotopic (exact) mass is 230 g/mol. The molecule has 1 rings (SSSR count). The molecular weight excluding hydrogens is 222 g/mol. The molecule has 0 radical (unpaired) electrons. The Morgan fingerprint density at radius 3 is 2.50 bits per heavy atom. The molecule has 86 valence electrons. The molecule has 0 aromatic heterocycles. The minimum atomic E-state index is -2.57. The van der Waals surface area contributed by atoms with Gasteiger partial charge >= 0.3 is 12.3 Å². The molecule has 0 saturated heterocycles. The number of Topliss-reactive ketones (excluding diaryl/α,β-unsaturated/α-hetero) is 1. The van der Waals surface area contributed by atoms with Crippen molar-refractivity contribution < 1.29 is 28.2 Å². The standard InChI is InChI=1S/C10H8F2O4/c1-5(13)7-3-2-6(4-8(7)11)16-9(12)10(14)15/h2-4,9H,1H3,(H,14,15). The number of rotatable bonds is 4. The van der Waals surface area contributed by atoms with Crippen LogP contribution in [0.5, 0.6) is 5.75 Å². The average molecular weight is 230 g/mol. The zero-order valence-corrected chi connectivity index (χ0v) is 8.24. The second-order valence-corrected chi connectivity index (χ2v) is 2.97.